The van der Waals surface area contributed by atoms with E-state index >= 15 is 0 Å². The highest BCUT2D eigenvalue weighted by atomic mass is 16.5. The lowest BCUT2D eigenvalue weighted by Crippen LogP contribution is -2.40. The molecule has 5 rings (SSSR count). The molecule has 0 bridgehead atoms. The lowest BCUT2D eigenvalue weighted by Gasteiger charge is -2.31. The first-order valence-corrected chi connectivity index (χ1v) is 12.8. The zero-order chi connectivity index (χ0) is 24.9. The topological polar surface area (TPSA) is 59.4 Å². The zero-order valence-electron chi connectivity index (χ0n) is 21.1. The van der Waals surface area contributed by atoms with Crippen molar-refractivity contribution in [2.24, 2.45) is 5.92 Å². The second kappa shape index (κ2) is 11.0. The minimum Gasteiger partial charge on any atom is -0.497 e. The minimum absolute atomic E-state index is 0.0246. The molecule has 6 heteroatoms. The number of hydrogen-bond acceptors (Lipinski definition) is 4. The number of carbonyl (C=O) groups is 1. The van der Waals surface area contributed by atoms with Gasteiger partial charge >= 0.3 is 0 Å². The van der Waals surface area contributed by atoms with Gasteiger partial charge in [0.25, 0.3) is 0 Å². The molecule has 3 aromatic carbocycles. The van der Waals surface area contributed by atoms with Crippen molar-refractivity contribution in [3.05, 3.63) is 89.7 Å². The van der Waals surface area contributed by atoms with Crippen LogP contribution in [0.25, 0.3) is 11.0 Å². The number of imidazole rings is 1. The number of carbonyl (C=O) groups excluding carboxylic acids is 1. The van der Waals surface area contributed by atoms with Crippen molar-refractivity contribution in [2.75, 3.05) is 25.5 Å². The number of anilines is 1. The van der Waals surface area contributed by atoms with Gasteiger partial charge in [0.2, 0.25) is 5.91 Å². The standard InChI is InChI=1S/C30H34N4O2/c1-3-22-8-6-10-25(18-22)31-30(35)24-9-7-17-33(20-24)21-29-32-27-11-4-5-12-28(27)34(29)19-23-13-15-26(36-2)16-14-23/h4-6,8,10-16,18,24H,3,7,9,17,19-21H2,1-2H3,(H,31,35)/t24-/m0/s1. The molecule has 2 heterocycles. The minimum atomic E-state index is -0.0246. The maximum Gasteiger partial charge on any atom is 0.228 e. The number of methoxy groups -OCH3 is 1. The number of hydrogen-bond donors (Lipinski definition) is 1. The quantitative estimate of drug-likeness (QED) is 0.360. The third-order valence-electron chi connectivity index (χ3n) is 7.08. The normalized spacial score (nSPS) is 16.2. The highest BCUT2D eigenvalue weighted by Gasteiger charge is 2.27. The van der Waals surface area contributed by atoms with Gasteiger partial charge in [-0.05, 0) is 73.3 Å². The zero-order valence-corrected chi connectivity index (χ0v) is 21.1. The van der Waals surface area contributed by atoms with E-state index in [1.165, 1.54) is 11.1 Å². The van der Waals surface area contributed by atoms with Gasteiger partial charge in [-0.25, -0.2) is 4.98 Å². The van der Waals surface area contributed by atoms with Crippen molar-refractivity contribution in [1.29, 1.82) is 0 Å². The van der Waals surface area contributed by atoms with E-state index < -0.39 is 0 Å². The van der Waals surface area contributed by atoms with E-state index in [0.717, 1.165) is 73.7 Å². The number of nitrogens with one attached hydrogen (secondary N) is 1. The number of piperidine rings is 1. The summed E-state index contributed by atoms with van der Waals surface area (Å²) in [6.07, 6.45) is 2.88. The van der Waals surface area contributed by atoms with Gasteiger partial charge in [-0.3, -0.25) is 9.69 Å². The molecular formula is C30H34N4O2. The van der Waals surface area contributed by atoms with Crippen LogP contribution in [0.5, 0.6) is 5.75 Å². The lowest BCUT2D eigenvalue weighted by atomic mass is 9.97. The summed E-state index contributed by atoms with van der Waals surface area (Å²) >= 11 is 0. The maximum atomic E-state index is 13.1. The summed E-state index contributed by atoms with van der Waals surface area (Å²) in [7, 11) is 1.69. The van der Waals surface area contributed by atoms with Crippen LogP contribution in [0.15, 0.2) is 72.8 Å². The maximum absolute atomic E-state index is 13.1. The summed E-state index contributed by atoms with van der Waals surface area (Å²) in [6.45, 7) is 5.30. The molecule has 36 heavy (non-hydrogen) atoms. The van der Waals surface area contributed by atoms with Gasteiger partial charge in [0.1, 0.15) is 11.6 Å². The average Bonchev–Trinajstić information content (AvgIpc) is 3.26. The molecule has 0 unspecified atom stereocenters. The number of para-hydroxylation sites is 2. The molecule has 1 amide bonds. The van der Waals surface area contributed by atoms with Crippen molar-refractivity contribution in [2.45, 2.75) is 39.3 Å². The van der Waals surface area contributed by atoms with Crippen molar-refractivity contribution in [3.63, 3.8) is 0 Å². The molecule has 1 aliphatic rings. The SMILES string of the molecule is CCc1cccc(NC(=O)[C@H]2CCCN(Cc3nc4ccccc4n3Cc3ccc(OC)cc3)C2)c1. The molecule has 186 valence electrons. The van der Waals surface area contributed by atoms with Gasteiger partial charge in [0.05, 0.1) is 30.6 Å². The molecule has 1 aliphatic heterocycles. The molecular weight excluding hydrogens is 448 g/mol. The molecule has 0 radical (unpaired) electrons. The van der Waals surface area contributed by atoms with Crippen molar-refractivity contribution >= 4 is 22.6 Å². The lowest BCUT2D eigenvalue weighted by molar-refractivity contribution is -0.121. The first-order valence-electron chi connectivity index (χ1n) is 12.8. The Hall–Kier alpha value is -3.64. The summed E-state index contributed by atoms with van der Waals surface area (Å²) in [5.74, 6) is 1.97. The molecule has 1 atom stereocenters. The molecule has 0 spiro atoms. The van der Waals surface area contributed by atoms with Crippen LogP contribution in [0.1, 0.15) is 36.7 Å². The van der Waals surface area contributed by atoms with Gasteiger partial charge < -0.3 is 14.6 Å². The number of fused-ring (bicyclic) bond motifs is 1. The Labute approximate surface area is 212 Å². The second-order valence-corrected chi connectivity index (χ2v) is 9.57. The molecule has 1 aromatic heterocycles. The van der Waals surface area contributed by atoms with Crippen LogP contribution in [0.3, 0.4) is 0 Å². The number of nitrogens with zero attached hydrogens (tertiary/aromatic N) is 3. The molecule has 0 aliphatic carbocycles. The Bertz CT molecular complexity index is 1330. The number of ether oxygens (including phenoxy) is 1. The van der Waals surface area contributed by atoms with Crippen molar-refractivity contribution < 1.29 is 9.53 Å². The third kappa shape index (κ3) is 5.44. The van der Waals surface area contributed by atoms with Crippen molar-refractivity contribution in [1.82, 2.24) is 14.5 Å². The predicted molar refractivity (Wildman–Crippen MR) is 144 cm³/mol. The summed E-state index contributed by atoms with van der Waals surface area (Å²) in [4.78, 5) is 20.5. The highest BCUT2D eigenvalue weighted by molar-refractivity contribution is 5.92. The van der Waals surface area contributed by atoms with Gasteiger partial charge in [0, 0.05) is 18.8 Å². The molecule has 0 saturated carbocycles. The smallest absolute Gasteiger partial charge is 0.228 e. The van der Waals surface area contributed by atoms with E-state index in [0.29, 0.717) is 0 Å². The fourth-order valence-electron chi connectivity index (χ4n) is 5.06. The Morgan fingerprint density at radius 3 is 2.67 bits per heavy atom. The molecule has 6 nitrogen and oxygen atoms in total. The van der Waals surface area contributed by atoms with Crippen LogP contribution < -0.4 is 10.1 Å². The number of aryl methyl sites for hydroxylation is 1. The Morgan fingerprint density at radius 1 is 1.03 bits per heavy atom. The largest absolute Gasteiger partial charge is 0.497 e. The first kappa shape index (κ1) is 24.1. The fourth-order valence-corrected chi connectivity index (χ4v) is 5.06. The molecule has 4 aromatic rings. The number of likely N-dealkylation sites (tertiary alicyclic amines) is 1. The fraction of sp³-hybridized carbons (Fsp3) is 0.333. The number of rotatable bonds is 8. The van der Waals surface area contributed by atoms with E-state index in [1.807, 2.05) is 30.3 Å². The summed E-state index contributed by atoms with van der Waals surface area (Å²) in [5.41, 5.74) is 5.45. The van der Waals surface area contributed by atoms with E-state index in [2.05, 4.69) is 64.2 Å². The second-order valence-electron chi connectivity index (χ2n) is 9.57. The molecule has 1 N–H and O–H groups in total. The van der Waals surface area contributed by atoms with Gasteiger partial charge in [-0.15, -0.1) is 0 Å². The van der Waals surface area contributed by atoms with Crippen LogP contribution in [0.4, 0.5) is 5.69 Å². The van der Waals surface area contributed by atoms with Crippen LogP contribution >= 0.6 is 0 Å². The first-order chi connectivity index (χ1) is 17.6. The summed E-state index contributed by atoms with van der Waals surface area (Å²) < 4.78 is 7.62. The van der Waals surface area contributed by atoms with Crippen LogP contribution in [0, 0.1) is 5.92 Å². The van der Waals surface area contributed by atoms with E-state index in [-0.39, 0.29) is 11.8 Å². The Kier molecular flexibility index (Phi) is 7.33. The third-order valence-corrected chi connectivity index (χ3v) is 7.08. The highest BCUT2D eigenvalue weighted by Crippen LogP contribution is 2.24. The summed E-state index contributed by atoms with van der Waals surface area (Å²) in [6, 6.07) is 24.6. The van der Waals surface area contributed by atoms with Crippen LogP contribution in [-0.4, -0.2) is 40.6 Å². The molecule has 1 fully saturated rings. The monoisotopic (exact) mass is 482 g/mol. The number of amides is 1. The van der Waals surface area contributed by atoms with Gasteiger partial charge in [-0.2, -0.15) is 0 Å². The predicted octanol–water partition coefficient (Wildman–Crippen LogP) is 5.51. The van der Waals surface area contributed by atoms with E-state index in [4.69, 9.17) is 9.72 Å². The summed E-state index contributed by atoms with van der Waals surface area (Å²) in [5, 5.41) is 3.15. The number of aromatic nitrogens is 2. The Morgan fingerprint density at radius 2 is 1.86 bits per heavy atom. The van der Waals surface area contributed by atoms with Crippen LogP contribution in [0.2, 0.25) is 0 Å². The van der Waals surface area contributed by atoms with Gasteiger partial charge in [-0.1, -0.05) is 43.3 Å². The van der Waals surface area contributed by atoms with Crippen molar-refractivity contribution in [3.8, 4) is 5.75 Å². The number of benzene rings is 3. The van der Waals surface area contributed by atoms with Crippen LogP contribution in [-0.2, 0) is 24.3 Å². The van der Waals surface area contributed by atoms with E-state index in [9.17, 15) is 4.79 Å². The van der Waals surface area contributed by atoms with Gasteiger partial charge in [0.15, 0.2) is 0 Å². The average molecular weight is 483 g/mol. The van der Waals surface area contributed by atoms with E-state index in [1.54, 1.807) is 7.11 Å². The molecule has 1 saturated heterocycles. The Balaban J connectivity index is 1.31.